The maximum Gasteiger partial charge on any atom is 0.243 e. The third kappa shape index (κ3) is 4.95. The predicted molar refractivity (Wildman–Crippen MR) is 108 cm³/mol. The fourth-order valence-corrected chi connectivity index (χ4v) is 3.68. The molecule has 2 amide bonds. The van der Waals surface area contributed by atoms with E-state index in [1.54, 1.807) is 0 Å². The van der Waals surface area contributed by atoms with Gasteiger partial charge in [0.2, 0.25) is 11.8 Å². The van der Waals surface area contributed by atoms with Crippen LogP contribution in [0.15, 0.2) is 48.5 Å². The van der Waals surface area contributed by atoms with Gasteiger partial charge < -0.3 is 10.6 Å². The van der Waals surface area contributed by atoms with Crippen LogP contribution in [0.3, 0.4) is 0 Å². The number of nitrogens with zero attached hydrogens (tertiary/aromatic N) is 1. The van der Waals surface area contributed by atoms with E-state index in [1.165, 1.54) is 5.56 Å². The van der Waals surface area contributed by atoms with E-state index >= 15 is 0 Å². The van der Waals surface area contributed by atoms with Crippen molar-refractivity contribution in [3.63, 3.8) is 0 Å². The summed E-state index contributed by atoms with van der Waals surface area (Å²) in [5, 5.41) is 5.64. The second kappa shape index (κ2) is 8.82. The molecule has 0 spiro atoms. The second-order valence-electron chi connectivity index (χ2n) is 7.13. The molecule has 0 saturated carbocycles. The Morgan fingerprint density at radius 3 is 2.41 bits per heavy atom. The summed E-state index contributed by atoms with van der Waals surface area (Å²) >= 11 is 0. The summed E-state index contributed by atoms with van der Waals surface area (Å²) in [6.07, 6.45) is 2.14. The van der Waals surface area contributed by atoms with E-state index in [-0.39, 0.29) is 24.4 Å². The van der Waals surface area contributed by atoms with Gasteiger partial charge in [-0.15, -0.1) is 0 Å². The number of benzene rings is 2. The minimum absolute atomic E-state index is 0.0174. The molecule has 1 aliphatic heterocycles. The lowest BCUT2D eigenvalue weighted by molar-refractivity contribution is -0.125. The zero-order valence-electron chi connectivity index (χ0n) is 16.0. The van der Waals surface area contributed by atoms with Crippen LogP contribution in [0, 0.1) is 13.8 Å². The summed E-state index contributed by atoms with van der Waals surface area (Å²) in [5.74, 6) is -0.323. The van der Waals surface area contributed by atoms with E-state index in [4.69, 9.17) is 0 Å². The number of carbonyl (C=O) groups is 2. The van der Waals surface area contributed by atoms with Gasteiger partial charge in [0.15, 0.2) is 0 Å². The first-order valence-corrected chi connectivity index (χ1v) is 9.46. The van der Waals surface area contributed by atoms with Crippen molar-refractivity contribution < 1.29 is 9.59 Å². The fraction of sp³-hybridized carbons (Fsp3) is 0.364. The zero-order chi connectivity index (χ0) is 19.2. The number of amides is 2. The SMILES string of the molecule is Cc1cccc(C)c1NC(=O)CNC(=O)CN1CCC[C@@H]1c1ccccc1. The fourth-order valence-electron chi connectivity index (χ4n) is 3.68. The molecule has 0 radical (unpaired) electrons. The van der Waals surface area contributed by atoms with E-state index in [0.29, 0.717) is 6.54 Å². The Labute approximate surface area is 160 Å². The summed E-state index contributed by atoms with van der Waals surface area (Å²) in [5.41, 5.74) is 4.09. The summed E-state index contributed by atoms with van der Waals surface area (Å²) in [7, 11) is 0. The van der Waals surface area contributed by atoms with E-state index < -0.39 is 0 Å². The minimum atomic E-state index is -0.207. The molecule has 0 bridgehead atoms. The van der Waals surface area contributed by atoms with Gasteiger partial charge >= 0.3 is 0 Å². The molecule has 0 aromatic heterocycles. The number of carbonyl (C=O) groups excluding carboxylic acids is 2. The zero-order valence-corrected chi connectivity index (χ0v) is 16.0. The van der Waals surface area contributed by atoms with Crippen LogP contribution in [-0.2, 0) is 9.59 Å². The second-order valence-corrected chi connectivity index (χ2v) is 7.13. The summed E-state index contributed by atoms with van der Waals surface area (Å²) in [6.45, 7) is 5.12. The Morgan fingerprint density at radius 2 is 1.70 bits per heavy atom. The molecule has 0 aliphatic carbocycles. The Balaban J connectivity index is 1.50. The molecule has 2 aromatic carbocycles. The van der Waals surface area contributed by atoms with Crippen LogP contribution in [0.1, 0.15) is 35.6 Å². The molecule has 5 heteroatoms. The van der Waals surface area contributed by atoms with E-state index in [9.17, 15) is 9.59 Å². The normalized spacial score (nSPS) is 16.9. The first kappa shape index (κ1) is 19.1. The highest BCUT2D eigenvalue weighted by molar-refractivity contribution is 5.95. The number of hydrogen-bond donors (Lipinski definition) is 2. The van der Waals surface area contributed by atoms with Gasteiger partial charge in [0.25, 0.3) is 0 Å². The number of hydrogen-bond acceptors (Lipinski definition) is 3. The van der Waals surface area contributed by atoms with Crippen molar-refractivity contribution >= 4 is 17.5 Å². The minimum Gasteiger partial charge on any atom is -0.346 e. The van der Waals surface area contributed by atoms with Crippen molar-refractivity contribution in [3.8, 4) is 0 Å². The van der Waals surface area contributed by atoms with Crippen LogP contribution < -0.4 is 10.6 Å². The number of rotatable bonds is 6. The summed E-state index contributed by atoms with van der Waals surface area (Å²) < 4.78 is 0. The Kier molecular flexibility index (Phi) is 6.24. The van der Waals surface area contributed by atoms with Crippen molar-refractivity contribution in [2.45, 2.75) is 32.7 Å². The van der Waals surface area contributed by atoms with Gasteiger partial charge in [-0.3, -0.25) is 14.5 Å². The molecular weight excluding hydrogens is 338 g/mol. The molecule has 3 rings (SSSR count). The van der Waals surface area contributed by atoms with Crippen LogP contribution in [0.4, 0.5) is 5.69 Å². The number of aryl methyl sites for hydroxylation is 2. The monoisotopic (exact) mass is 365 g/mol. The van der Waals surface area contributed by atoms with Gasteiger partial charge in [0, 0.05) is 11.7 Å². The molecule has 142 valence electrons. The number of likely N-dealkylation sites (tertiary alicyclic amines) is 1. The molecule has 2 N–H and O–H groups in total. The molecular formula is C22H27N3O2. The lowest BCUT2D eigenvalue weighted by Gasteiger charge is -2.24. The van der Waals surface area contributed by atoms with Crippen LogP contribution in [0.5, 0.6) is 0 Å². The highest BCUT2D eigenvalue weighted by Crippen LogP contribution is 2.31. The van der Waals surface area contributed by atoms with Gasteiger partial charge in [0.05, 0.1) is 13.1 Å². The molecule has 1 fully saturated rings. The smallest absolute Gasteiger partial charge is 0.243 e. The average Bonchev–Trinajstić information content (AvgIpc) is 3.12. The van der Waals surface area contributed by atoms with Gasteiger partial charge in [-0.2, -0.15) is 0 Å². The lowest BCUT2D eigenvalue weighted by atomic mass is 10.0. The molecule has 1 saturated heterocycles. The Hall–Kier alpha value is -2.66. The lowest BCUT2D eigenvalue weighted by Crippen LogP contribution is -2.40. The molecule has 27 heavy (non-hydrogen) atoms. The molecule has 0 unspecified atom stereocenters. The van der Waals surface area contributed by atoms with Gasteiger partial charge in [-0.25, -0.2) is 0 Å². The van der Waals surface area contributed by atoms with E-state index in [2.05, 4.69) is 27.7 Å². The topological polar surface area (TPSA) is 61.4 Å². The predicted octanol–water partition coefficient (Wildman–Crippen LogP) is 3.20. The highest BCUT2D eigenvalue weighted by Gasteiger charge is 2.27. The van der Waals surface area contributed by atoms with Crippen LogP contribution in [0.25, 0.3) is 0 Å². The molecule has 2 aromatic rings. The number of para-hydroxylation sites is 1. The van der Waals surface area contributed by atoms with Crippen LogP contribution in [-0.4, -0.2) is 36.3 Å². The Bertz CT molecular complexity index is 784. The first-order chi connectivity index (χ1) is 13.0. The third-order valence-electron chi connectivity index (χ3n) is 5.09. The summed E-state index contributed by atoms with van der Waals surface area (Å²) in [6, 6.07) is 16.4. The number of anilines is 1. The van der Waals surface area contributed by atoms with Crippen molar-refractivity contribution in [3.05, 3.63) is 65.2 Å². The van der Waals surface area contributed by atoms with Crippen molar-refractivity contribution in [1.82, 2.24) is 10.2 Å². The first-order valence-electron chi connectivity index (χ1n) is 9.46. The quantitative estimate of drug-likeness (QED) is 0.826. The highest BCUT2D eigenvalue weighted by atomic mass is 16.2. The van der Waals surface area contributed by atoms with Crippen LogP contribution >= 0.6 is 0 Å². The van der Waals surface area contributed by atoms with Gasteiger partial charge in [-0.05, 0) is 49.9 Å². The Morgan fingerprint density at radius 1 is 1.00 bits per heavy atom. The van der Waals surface area contributed by atoms with Crippen molar-refractivity contribution in [1.29, 1.82) is 0 Å². The van der Waals surface area contributed by atoms with Crippen molar-refractivity contribution in [2.24, 2.45) is 0 Å². The van der Waals surface area contributed by atoms with Gasteiger partial charge in [0.1, 0.15) is 0 Å². The third-order valence-corrected chi connectivity index (χ3v) is 5.09. The van der Waals surface area contributed by atoms with E-state index in [0.717, 1.165) is 36.2 Å². The maximum absolute atomic E-state index is 12.3. The standard InChI is InChI=1S/C22H27N3O2/c1-16-8-6-9-17(2)22(16)24-20(26)14-23-21(27)15-25-13-7-12-19(25)18-10-4-3-5-11-18/h3-6,8-11,19H,7,12-15H2,1-2H3,(H,23,27)(H,24,26)/t19-/m1/s1. The number of nitrogens with one attached hydrogen (secondary N) is 2. The molecule has 1 aliphatic rings. The van der Waals surface area contributed by atoms with Gasteiger partial charge in [-0.1, -0.05) is 48.5 Å². The summed E-state index contributed by atoms with van der Waals surface area (Å²) in [4.78, 5) is 26.7. The molecule has 1 atom stereocenters. The van der Waals surface area contributed by atoms with Crippen LogP contribution in [0.2, 0.25) is 0 Å². The average molecular weight is 365 g/mol. The van der Waals surface area contributed by atoms with Crippen molar-refractivity contribution in [2.75, 3.05) is 25.0 Å². The molecule has 1 heterocycles. The maximum atomic E-state index is 12.3. The molecule has 5 nitrogen and oxygen atoms in total. The largest absolute Gasteiger partial charge is 0.346 e. The van der Waals surface area contributed by atoms with E-state index in [1.807, 2.05) is 50.2 Å².